The average molecular weight is 292 g/mol. The topological polar surface area (TPSA) is 53.9 Å². The molecule has 0 spiro atoms. The van der Waals surface area contributed by atoms with Crippen LogP contribution >= 0.6 is 0 Å². The highest BCUT2D eigenvalue weighted by atomic mass is 16.2. The lowest BCUT2D eigenvalue weighted by Crippen LogP contribution is -2.36. The van der Waals surface area contributed by atoms with E-state index in [1.807, 2.05) is 58.3 Å². The Balaban J connectivity index is 1.54. The van der Waals surface area contributed by atoms with Gasteiger partial charge in [0.2, 0.25) is 0 Å². The normalized spacial score (nSPS) is 13.9. The predicted molar refractivity (Wildman–Crippen MR) is 82.8 cm³/mol. The van der Waals surface area contributed by atoms with Crippen molar-refractivity contribution in [3.8, 4) is 5.69 Å². The Bertz CT molecular complexity index is 786. The number of imidazole rings is 1. The zero-order valence-electron chi connectivity index (χ0n) is 12.1. The van der Waals surface area contributed by atoms with Crippen molar-refractivity contribution in [2.24, 2.45) is 0 Å². The van der Waals surface area contributed by atoms with Crippen LogP contribution in [-0.2, 0) is 13.0 Å². The molecule has 3 heterocycles. The number of H-pyrrole nitrogens is 1. The molecule has 0 fully saturated rings. The second kappa shape index (κ2) is 5.18. The summed E-state index contributed by atoms with van der Waals surface area (Å²) in [7, 11) is 0. The molecule has 0 radical (unpaired) electrons. The summed E-state index contributed by atoms with van der Waals surface area (Å²) in [5.74, 6) is 0.0688. The van der Waals surface area contributed by atoms with Gasteiger partial charge in [-0.25, -0.2) is 4.98 Å². The molecular weight excluding hydrogens is 276 g/mol. The van der Waals surface area contributed by atoms with Crippen molar-refractivity contribution in [3.63, 3.8) is 0 Å². The van der Waals surface area contributed by atoms with E-state index in [0.717, 1.165) is 35.6 Å². The standard InChI is InChI=1S/C17H16N4O/c22-17(21-10-7-15-16(11-21)19-12-18-15)13-3-5-14(6-4-13)20-8-1-2-9-20/h1-6,8-9,12H,7,10-11H2,(H,18,19). The summed E-state index contributed by atoms with van der Waals surface area (Å²) in [4.78, 5) is 21.9. The third-order valence-electron chi connectivity index (χ3n) is 4.08. The van der Waals surface area contributed by atoms with Gasteiger partial charge in [0.1, 0.15) is 0 Å². The number of benzene rings is 1. The molecule has 110 valence electrons. The van der Waals surface area contributed by atoms with Gasteiger partial charge in [-0.05, 0) is 36.4 Å². The molecule has 1 N–H and O–H groups in total. The van der Waals surface area contributed by atoms with Gasteiger partial charge in [0, 0.05) is 36.6 Å². The quantitative estimate of drug-likeness (QED) is 0.788. The van der Waals surface area contributed by atoms with E-state index in [0.29, 0.717) is 6.54 Å². The van der Waals surface area contributed by atoms with Crippen LogP contribution in [0, 0.1) is 0 Å². The Morgan fingerprint density at radius 3 is 2.68 bits per heavy atom. The van der Waals surface area contributed by atoms with Crippen LogP contribution in [0.4, 0.5) is 0 Å². The molecule has 3 aromatic rings. The van der Waals surface area contributed by atoms with Crippen LogP contribution in [0.5, 0.6) is 0 Å². The Morgan fingerprint density at radius 2 is 1.91 bits per heavy atom. The molecule has 0 aliphatic carbocycles. The minimum absolute atomic E-state index is 0.0688. The molecule has 2 aromatic heterocycles. The fourth-order valence-electron chi connectivity index (χ4n) is 2.85. The molecule has 5 nitrogen and oxygen atoms in total. The van der Waals surface area contributed by atoms with Crippen LogP contribution in [0.1, 0.15) is 21.7 Å². The molecule has 1 amide bonds. The van der Waals surface area contributed by atoms with Crippen molar-refractivity contribution < 1.29 is 4.79 Å². The third kappa shape index (κ3) is 2.20. The van der Waals surface area contributed by atoms with Gasteiger partial charge in [0.05, 0.1) is 24.3 Å². The van der Waals surface area contributed by atoms with E-state index in [4.69, 9.17) is 0 Å². The van der Waals surface area contributed by atoms with Gasteiger partial charge in [0.15, 0.2) is 0 Å². The number of carbonyl (C=O) groups excluding carboxylic acids is 1. The van der Waals surface area contributed by atoms with E-state index >= 15 is 0 Å². The van der Waals surface area contributed by atoms with Gasteiger partial charge in [-0.3, -0.25) is 4.79 Å². The molecule has 0 unspecified atom stereocenters. The van der Waals surface area contributed by atoms with E-state index in [1.54, 1.807) is 6.33 Å². The fraction of sp³-hybridized carbons (Fsp3) is 0.176. The molecular formula is C17H16N4O. The van der Waals surface area contributed by atoms with E-state index in [-0.39, 0.29) is 5.91 Å². The lowest BCUT2D eigenvalue weighted by molar-refractivity contribution is 0.0732. The summed E-state index contributed by atoms with van der Waals surface area (Å²) in [6.45, 7) is 1.32. The summed E-state index contributed by atoms with van der Waals surface area (Å²) in [6, 6.07) is 11.7. The predicted octanol–water partition coefficient (Wildman–Crippen LogP) is 2.40. The first kappa shape index (κ1) is 12.9. The van der Waals surface area contributed by atoms with Crippen molar-refractivity contribution >= 4 is 5.91 Å². The maximum atomic E-state index is 12.6. The number of aromatic nitrogens is 3. The minimum atomic E-state index is 0.0688. The molecule has 22 heavy (non-hydrogen) atoms. The van der Waals surface area contributed by atoms with Crippen LogP contribution in [-0.4, -0.2) is 31.9 Å². The number of nitrogens with one attached hydrogen (secondary N) is 1. The van der Waals surface area contributed by atoms with E-state index < -0.39 is 0 Å². The van der Waals surface area contributed by atoms with Crippen LogP contribution in [0.15, 0.2) is 55.1 Å². The van der Waals surface area contributed by atoms with Crippen molar-refractivity contribution in [2.75, 3.05) is 6.54 Å². The lowest BCUT2D eigenvalue weighted by Gasteiger charge is -2.26. The number of hydrogen-bond acceptors (Lipinski definition) is 2. The third-order valence-corrected chi connectivity index (χ3v) is 4.08. The largest absolute Gasteiger partial charge is 0.347 e. The number of nitrogens with zero attached hydrogens (tertiary/aromatic N) is 3. The van der Waals surface area contributed by atoms with Crippen molar-refractivity contribution in [2.45, 2.75) is 13.0 Å². The summed E-state index contributed by atoms with van der Waals surface area (Å²) in [5, 5.41) is 0. The van der Waals surface area contributed by atoms with E-state index in [1.165, 1.54) is 0 Å². The monoisotopic (exact) mass is 292 g/mol. The Hall–Kier alpha value is -2.82. The fourth-order valence-corrected chi connectivity index (χ4v) is 2.85. The zero-order chi connectivity index (χ0) is 14.9. The van der Waals surface area contributed by atoms with Gasteiger partial charge in [-0.2, -0.15) is 0 Å². The molecule has 1 aliphatic rings. The summed E-state index contributed by atoms with van der Waals surface area (Å²) < 4.78 is 2.02. The molecule has 1 aliphatic heterocycles. The number of carbonyl (C=O) groups is 1. The second-order valence-electron chi connectivity index (χ2n) is 5.44. The van der Waals surface area contributed by atoms with Gasteiger partial charge in [-0.1, -0.05) is 0 Å². The lowest BCUT2D eigenvalue weighted by atomic mass is 10.1. The van der Waals surface area contributed by atoms with Crippen LogP contribution in [0.2, 0.25) is 0 Å². The minimum Gasteiger partial charge on any atom is -0.347 e. The highest BCUT2D eigenvalue weighted by Gasteiger charge is 2.23. The second-order valence-corrected chi connectivity index (χ2v) is 5.44. The number of hydrogen-bond donors (Lipinski definition) is 1. The van der Waals surface area contributed by atoms with Gasteiger partial charge >= 0.3 is 0 Å². The van der Waals surface area contributed by atoms with Crippen molar-refractivity contribution in [3.05, 3.63) is 72.1 Å². The molecule has 0 atom stereocenters. The van der Waals surface area contributed by atoms with Crippen LogP contribution in [0.3, 0.4) is 0 Å². The van der Waals surface area contributed by atoms with Crippen LogP contribution < -0.4 is 0 Å². The summed E-state index contributed by atoms with van der Waals surface area (Å²) in [6.07, 6.45) is 6.49. The maximum Gasteiger partial charge on any atom is 0.254 e. The zero-order valence-corrected chi connectivity index (χ0v) is 12.1. The van der Waals surface area contributed by atoms with Gasteiger partial charge in [0.25, 0.3) is 5.91 Å². The molecule has 5 heteroatoms. The summed E-state index contributed by atoms with van der Waals surface area (Å²) in [5.41, 5.74) is 3.89. The van der Waals surface area contributed by atoms with E-state index in [9.17, 15) is 4.79 Å². The first-order valence-corrected chi connectivity index (χ1v) is 7.35. The Labute approximate surface area is 128 Å². The summed E-state index contributed by atoms with van der Waals surface area (Å²) >= 11 is 0. The molecule has 0 bridgehead atoms. The van der Waals surface area contributed by atoms with Crippen LogP contribution in [0.25, 0.3) is 5.69 Å². The van der Waals surface area contributed by atoms with Crippen molar-refractivity contribution in [1.29, 1.82) is 0 Å². The molecule has 4 rings (SSSR count). The van der Waals surface area contributed by atoms with Gasteiger partial charge in [-0.15, -0.1) is 0 Å². The highest BCUT2D eigenvalue weighted by Crippen LogP contribution is 2.18. The maximum absolute atomic E-state index is 12.6. The van der Waals surface area contributed by atoms with Gasteiger partial charge < -0.3 is 14.5 Å². The molecule has 1 aromatic carbocycles. The highest BCUT2D eigenvalue weighted by molar-refractivity contribution is 5.94. The number of amides is 1. The number of aromatic amines is 1. The smallest absolute Gasteiger partial charge is 0.254 e. The number of fused-ring (bicyclic) bond motifs is 1. The Kier molecular flexibility index (Phi) is 3.04. The van der Waals surface area contributed by atoms with Crippen molar-refractivity contribution in [1.82, 2.24) is 19.4 Å². The van der Waals surface area contributed by atoms with E-state index in [2.05, 4.69) is 9.97 Å². The SMILES string of the molecule is O=C(c1ccc(-n2cccc2)cc1)N1CCc2nc[nH]c2C1. The average Bonchev–Trinajstić information content (AvgIpc) is 3.25. The first-order chi connectivity index (χ1) is 10.8. The first-order valence-electron chi connectivity index (χ1n) is 7.35. The molecule has 0 saturated heterocycles. The number of rotatable bonds is 2. The molecule has 0 saturated carbocycles. The Morgan fingerprint density at radius 1 is 1.14 bits per heavy atom.